The molecule has 0 aliphatic carbocycles. The zero-order valence-electron chi connectivity index (χ0n) is 16.9. The van der Waals surface area contributed by atoms with E-state index < -0.39 is 42.2 Å². The molecular formula is C23H18ClF7N2. The summed E-state index contributed by atoms with van der Waals surface area (Å²) in [6.45, 7) is -0.640. The van der Waals surface area contributed by atoms with Gasteiger partial charge in [-0.15, -0.1) is 0 Å². The number of nitrogens with zero attached hydrogens (tertiary/aromatic N) is 1. The first-order valence-corrected chi connectivity index (χ1v) is 10.1. The second-order valence-corrected chi connectivity index (χ2v) is 7.88. The molecule has 1 N–H and O–H groups in total. The van der Waals surface area contributed by atoms with Crippen LogP contribution in [0.25, 0.3) is 0 Å². The van der Waals surface area contributed by atoms with Crippen LogP contribution >= 0.6 is 11.6 Å². The highest BCUT2D eigenvalue weighted by molar-refractivity contribution is 6.30. The highest BCUT2D eigenvalue weighted by atomic mass is 35.5. The topological polar surface area (TPSA) is 24.9 Å². The van der Waals surface area contributed by atoms with Gasteiger partial charge in [0.1, 0.15) is 5.82 Å². The second-order valence-electron chi connectivity index (χ2n) is 7.45. The van der Waals surface area contributed by atoms with Crippen LogP contribution < -0.4 is 5.32 Å². The highest BCUT2D eigenvalue weighted by Gasteiger charge is 2.40. The standard InChI is InChI=1S/C23H18ClF7N2/c24-18-6-7-20(32-14-18)21(33-9-8-22(26,27)28,13-15-4-2-1-3-5-15)16-10-17(23(29,30)31)12-19(25)11-16/h1-7,10-12,14,33H,8-9,13H2. The quantitative estimate of drug-likeness (QED) is 0.364. The molecule has 1 unspecified atom stereocenters. The fraction of sp³-hybridized carbons (Fsp3) is 0.261. The molecule has 176 valence electrons. The molecule has 3 rings (SSSR count). The van der Waals surface area contributed by atoms with Gasteiger partial charge in [-0.3, -0.25) is 4.98 Å². The Bertz CT molecular complexity index is 1070. The summed E-state index contributed by atoms with van der Waals surface area (Å²) >= 11 is 5.90. The normalized spacial score (nSPS) is 14.2. The molecule has 1 atom stereocenters. The van der Waals surface area contributed by atoms with E-state index in [0.717, 1.165) is 12.1 Å². The molecule has 0 saturated carbocycles. The molecule has 1 aromatic heterocycles. The third kappa shape index (κ3) is 6.45. The molecule has 33 heavy (non-hydrogen) atoms. The number of benzene rings is 2. The van der Waals surface area contributed by atoms with E-state index in [0.29, 0.717) is 11.6 Å². The van der Waals surface area contributed by atoms with Crippen LogP contribution in [0.1, 0.15) is 28.8 Å². The molecule has 2 aromatic carbocycles. The molecule has 1 heterocycles. The monoisotopic (exact) mass is 490 g/mol. The Hall–Kier alpha value is -2.65. The number of alkyl halides is 6. The van der Waals surface area contributed by atoms with E-state index in [1.165, 1.54) is 18.3 Å². The van der Waals surface area contributed by atoms with Crippen LogP contribution in [-0.2, 0) is 18.1 Å². The average molecular weight is 491 g/mol. The van der Waals surface area contributed by atoms with E-state index in [9.17, 15) is 30.7 Å². The lowest BCUT2D eigenvalue weighted by Gasteiger charge is -2.36. The number of halogens is 8. The summed E-state index contributed by atoms with van der Waals surface area (Å²) in [6.07, 6.45) is -9.50. The Labute approximate surface area is 190 Å². The van der Waals surface area contributed by atoms with Gasteiger partial charge in [-0.05, 0) is 41.5 Å². The van der Waals surface area contributed by atoms with E-state index in [-0.39, 0.29) is 22.7 Å². The highest BCUT2D eigenvalue weighted by Crippen LogP contribution is 2.38. The molecule has 0 fully saturated rings. The Morgan fingerprint density at radius 3 is 2.09 bits per heavy atom. The minimum atomic E-state index is -4.87. The summed E-state index contributed by atoms with van der Waals surface area (Å²) in [6, 6.07) is 13.1. The van der Waals surface area contributed by atoms with Crippen molar-refractivity contribution in [2.24, 2.45) is 0 Å². The van der Waals surface area contributed by atoms with Crippen molar-refractivity contribution < 1.29 is 30.7 Å². The average Bonchev–Trinajstić information content (AvgIpc) is 2.72. The summed E-state index contributed by atoms with van der Waals surface area (Å²) < 4.78 is 93.5. The Morgan fingerprint density at radius 1 is 0.848 bits per heavy atom. The number of rotatable bonds is 7. The van der Waals surface area contributed by atoms with Gasteiger partial charge in [0.15, 0.2) is 0 Å². The minimum Gasteiger partial charge on any atom is -0.302 e. The number of pyridine rings is 1. The van der Waals surface area contributed by atoms with Crippen molar-refractivity contribution in [1.82, 2.24) is 10.3 Å². The lowest BCUT2D eigenvalue weighted by atomic mass is 9.79. The van der Waals surface area contributed by atoms with Crippen LogP contribution in [0.4, 0.5) is 30.7 Å². The number of hydrogen-bond donors (Lipinski definition) is 1. The first kappa shape index (κ1) is 25.0. The van der Waals surface area contributed by atoms with Crippen LogP contribution in [0.15, 0.2) is 66.9 Å². The second kappa shape index (κ2) is 9.69. The van der Waals surface area contributed by atoms with Gasteiger partial charge >= 0.3 is 12.4 Å². The van der Waals surface area contributed by atoms with E-state index in [2.05, 4.69) is 10.3 Å². The molecule has 0 aliphatic heterocycles. The minimum absolute atomic E-state index is 0.0941. The first-order chi connectivity index (χ1) is 15.4. The largest absolute Gasteiger partial charge is 0.416 e. The molecule has 0 bridgehead atoms. The predicted octanol–water partition coefficient (Wildman–Crippen LogP) is 6.92. The van der Waals surface area contributed by atoms with Crippen LogP contribution in [-0.4, -0.2) is 17.7 Å². The molecule has 2 nitrogen and oxygen atoms in total. The lowest BCUT2D eigenvalue weighted by molar-refractivity contribution is -0.137. The maximum atomic E-state index is 14.4. The van der Waals surface area contributed by atoms with Gasteiger partial charge in [-0.1, -0.05) is 41.9 Å². The molecule has 0 aliphatic rings. The van der Waals surface area contributed by atoms with Crippen LogP contribution in [0.5, 0.6) is 0 Å². The van der Waals surface area contributed by atoms with Gasteiger partial charge in [-0.2, -0.15) is 26.3 Å². The van der Waals surface area contributed by atoms with Gasteiger partial charge in [0.2, 0.25) is 0 Å². The smallest absolute Gasteiger partial charge is 0.302 e. The summed E-state index contributed by atoms with van der Waals surface area (Å²) in [5.41, 5.74) is -2.50. The van der Waals surface area contributed by atoms with E-state index in [4.69, 9.17) is 11.6 Å². The molecule has 0 radical (unpaired) electrons. The molecule has 10 heteroatoms. The maximum absolute atomic E-state index is 14.4. The maximum Gasteiger partial charge on any atom is 0.416 e. The van der Waals surface area contributed by atoms with Crippen LogP contribution in [0.2, 0.25) is 5.02 Å². The van der Waals surface area contributed by atoms with E-state index >= 15 is 0 Å². The Balaban J connectivity index is 2.23. The Morgan fingerprint density at radius 2 is 1.52 bits per heavy atom. The lowest BCUT2D eigenvalue weighted by Crippen LogP contribution is -2.47. The number of hydrogen-bond acceptors (Lipinski definition) is 2. The third-order valence-corrected chi connectivity index (χ3v) is 5.25. The summed E-state index contributed by atoms with van der Waals surface area (Å²) in [4.78, 5) is 4.18. The van der Waals surface area contributed by atoms with Gasteiger partial charge in [0.05, 0.1) is 28.2 Å². The van der Waals surface area contributed by atoms with Crippen molar-refractivity contribution >= 4 is 11.6 Å². The molecule has 0 amide bonds. The Kier molecular flexibility index (Phi) is 7.33. The van der Waals surface area contributed by atoms with Crippen molar-refractivity contribution in [2.75, 3.05) is 6.54 Å². The molecule has 0 spiro atoms. The zero-order valence-corrected chi connectivity index (χ0v) is 17.7. The van der Waals surface area contributed by atoms with Crippen molar-refractivity contribution in [3.05, 3.63) is 100 Å². The van der Waals surface area contributed by atoms with E-state index in [1.54, 1.807) is 30.3 Å². The van der Waals surface area contributed by atoms with Crippen molar-refractivity contribution in [1.29, 1.82) is 0 Å². The van der Waals surface area contributed by atoms with Gasteiger partial charge in [-0.25, -0.2) is 4.39 Å². The zero-order chi connectivity index (χ0) is 24.3. The van der Waals surface area contributed by atoms with Gasteiger partial charge in [0, 0.05) is 19.2 Å². The third-order valence-electron chi connectivity index (χ3n) is 5.03. The van der Waals surface area contributed by atoms with Gasteiger partial charge < -0.3 is 5.32 Å². The predicted molar refractivity (Wildman–Crippen MR) is 110 cm³/mol. The van der Waals surface area contributed by atoms with E-state index in [1.807, 2.05) is 0 Å². The van der Waals surface area contributed by atoms with Crippen LogP contribution in [0.3, 0.4) is 0 Å². The van der Waals surface area contributed by atoms with Crippen molar-refractivity contribution in [2.45, 2.75) is 30.7 Å². The number of nitrogens with one attached hydrogen (secondary N) is 1. The molecular weight excluding hydrogens is 473 g/mol. The van der Waals surface area contributed by atoms with Crippen molar-refractivity contribution in [3.63, 3.8) is 0 Å². The summed E-state index contributed by atoms with van der Waals surface area (Å²) in [7, 11) is 0. The van der Waals surface area contributed by atoms with Crippen LogP contribution in [0, 0.1) is 5.82 Å². The fourth-order valence-corrected chi connectivity index (χ4v) is 3.66. The summed E-state index contributed by atoms with van der Waals surface area (Å²) in [5.74, 6) is -1.18. The summed E-state index contributed by atoms with van der Waals surface area (Å²) in [5, 5.41) is 2.96. The molecule has 3 aromatic rings. The SMILES string of the molecule is Fc1cc(C(F)(F)F)cc(C(Cc2ccccc2)(NCCC(F)(F)F)c2ccc(Cl)cn2)c1. The molecule has 0 saturated heterocycles. The first-order valence-electron chi connectivity index (χ1n) is 9.75. The van der Waals surface area contributed by atoms with Crippen molar-refractivity contribution in [3.8, 4) is 0 Å². The number of aromatic nitrogens is 1. The fourth-order valence-electron chi connectivity index (χ4n) is 3.54. The van der Waals surface area contributed by atoms with Gasteiger partial charge in [0.25, 0.3) is 0 Å².